The first-order chi connectivity index (χ1) is 12.1. The van der Waals surface area contributed by atoms with Crippen molar-refractivity contribution in [3.8, 4) is 5.75 Å². The van der Waals surface area contributed by atoms with Gasteiger partial charge in [0.15, 0.2) is 14.5 Å². The van der Waals surface area contributed by atoms with Crippen molar-refractivity contribution in [2.24, 2.45) is 0 Å². The van der Waals surface area contributed by atoms with Gasteiger partial charge in [-0.2, -0.15) is 0 Å². The molecule has 26 heavy (non-hydrogen) atoms. The minimum absolute atomic E-state index is 0.252. The van der Waals surface area contributed by atoms with Crippen LogP contribution in [0.1, 0.15) is 32.4 Å². The minimum Gasteiger partial charge on any atom is -0.479 e. The summed E-state index contributed by atoms with van der Waals surface area (Å²) < 4.78 is 31.7. The van der Waals surface area contributed by atoms with Crippen molar-refractivity contribution in [1.82, 2.24) is 5.32 Å². The molecule has 1 aromatic rings. The van der Waals surface area contributed by atoms with Crippen LogP contribution < -0.4 is 10.1 Å². The molecule has 0 aliphatic heterocycles. The Morgan fingerprint density at radius 2 is 1.65 bits per heavy atom. The maximum atomic E-state index is 11.8. The first-order valence-corrected chi connectivity index (χ1v) is 8.68. The number of hydrogen-bond donors (Lipinski definition) is 2. The third kappa shape index (κ3) is 6.33. The summed E-state index contributed by atoms with van der Waals surface area (Å²) in [5.74, 6) is -1.00. The number of benzene rings is 1. The van der Waals surface area contributed by atoms with Crippen molar-refractivity contribution in [3.63, 3.8) is 0 Å². The van der Waals surface area contributed by atoms with Crippen LogP contribution in [0.2, 0.25) is 0 Å². The van der Waals surface area contributed by atoms with Gasteiger partial charge in [0, 0.05) is 14.2 Å². The van der Waals surface area contributed by atoms with Crippen LogP contribution in [-0.2, 0) is 23.6 Å². The van der Waals surface area contributed by atoms with E-state index in [2.05, 4.69) is 5.32 Å². The third-order valence-corrected chi connectivity index (χ3v) is 3.97. The van der Waals surface area contributed by atoms with Gasteiger partial charge in [0.25, 0.3) is 0 Å². The minimum atomic E-state index is -1.69. The molecule has 2 unspecified atom stereocenters. The number of carbonyl (C=O) groups excluding carboxylic acids is 1. The lowest BCUT2D eigenvalue weighted by Gasteiger charge is -2.26. The fraction of sp³-hybridized carbons (Fsp3) is 0.500. The monoisotopic (exact) mass is 389 g/mol. The topological polar surface area (TPSA) is 120 Å². The smallest absolute Gasteiger partial charge is 0.408 e. The Balaban J connectivity index is 2.93. The number of carboxylic acids is 1. The van der Waals surface area contributed by atoms with E-state index in [0.717, 1.165) is 0 Å². The summed E-state index contributed by atoms with van der Waals surface area (Å²) in [5.41, 5.74) is -2.15. The highest BCUT2D eigenvalue weighted by Gasteiger charge is 2.31. The average Bonchev–Trinajstić information content (AvgIpc) is 2.57. The maximum Gasteiger partial charge on any atom is 0.408 e. The van der Waals surface area contributed by atoms with E-state index in [1.807, 2.05) is 0 Å². The molecule has 0 bridgehead atoms. The molecule has 9 nitrogen and oxygen atoms in total. The lowest BCUT2D eigenvalue weighted by atomic mass is 10.1. The van der Waals surface area contributed by atoms with Crippen LogP contribution in [0.4, 0.5) is 4.79 Å². The second-order valence-electron chi connectivity index (χ2n) is 6.22. The van der Waals surface area contributed by atoms with E-state index in [0.29, 0.717) is 5.56 Å². The van der Waals surface area contributed by atoms with Crippen LogP contribution in [0.15, 0.2) is 24.3 Å². The van der Waals surface area contributed by atoms with Crippen LogP contribution in [-0.4, -0.2) is 42.7 Å². The number of carboxylic acid groups (broad SMARTS) is 1. The van der Waals surface area contributed by atoms with Crippen molar-refractivity contribution >= 4 is 20.5 Å². The molecule has 2 atom stereocenters. The van der Waals surface area contributed by atoms with Crippen LogP contribution in [0.25, 0.3) is 0 Å². The Morgan fingerprint density at radius 3 is 2.04 bits per heavy atom. The van der Waals surface area contributed by atoms with Gasteiger partial charge in [0.1, 0.15) is 11.4 Å². The molecule has 2 N–H and O–H groups in total. The fourth-order valence-corrected chi connectivity index (χ4v) is 2.27. The number of methoxy groups -OCH3 is 2. The van der Waals surface area contributed by atoms with E-state index >= 15 is 0 Å². The SMILES string of the molecule is COC(OC)(Oc1ccc(C(NC(=O)OC(C)(C)C)C(=O)O)cc1)[PH2]=O. The summed E-state index contributed by atoms with van der Waals surface area (Å²) in [5, 5.41) is 11.7. The zero-order valence-corrected chi connectivity index (χ0v) is 16.4. The van der Waals surface area contributed by atoms with Gasteiger partial charge >= 0.3 is 17.8 Å². The van der Waals surface area contributed by atoms with Gasteiger partial charge < -0.3 is 33.9 Å². The molecule has 0 aliphatic carbocycles. The molecule has 0 aromatic heterocycles. The second kappa shape index (κ2) is 9.02. The first kappa shape index (κ1) is 22.0. The highest BCUT2D eigenvalue weighted by Crippen LogP contribution is 2.30. The van der Waals surface area contributed by atoms with E-state index in [1.54, 1.807) is 20.8 Å². The van der Waals surface area contributed by atoms with Crippen LogP contribution in [0, 0.1) is 0 Å². The molecule has 0 aliphatic rings. The first-order valence-electron chi connectivity index (χ1n) is 7.63. The number of alkyl carbamates (subject to hydrolysis) is 1. The zero-order valence-electron chi connectivity index (χ0n) is 15.3. The summed E-state index contributed by atoms with van der Waals surface area (Å²) in [7, 11) is 1.00. The summed E-state index contributed by atoms with van der Waals surface area (Å²) in [6.07, 6.45) is -0.849. The number of aliphatic carboxylic acids is 1. The van der Waals surface area contributed by atoms with Gasteiger partial charge in [-0.05, 0) is 38.5 Å². The Hall–Kier alpha value is -2.09. The Morgan fingerprint density at radius 1 is 1.12 bits per heavy atom. The molecule has 146 valence electrons. The summed E-state index contributed by atoms with van der Waals surface area (Å²) >= 11 is 0. The number of ether oxygens (including phenoxy) is 4. The van der Waals surface area contributed by atoms with Gasteiger partial charge in [-0.25, -0.2) is 9.59 Å². The van der Waals surface area contributed by atoms with E-state index < -0.39 is 37.9 Å². The lowest BCUT2D eigenvalue weighted by molar-refractivity contribution is -0.255. The highest BCUT2D eigenvalue weighted by molar-refractivity contribution is 7.25. The number of rotatable bonds is 8. The Labute approximate surface area is 152 Å². The molecule has 0 saturated heterocycles. The Kier molecular flexibility index (Phi) is 7.62. The molecule has 0 fully saturated rings. The molecular formula is C16H24NO8P. The van der Waals surface area contributed by atoms with E-state index in [1.165, 1.54) is 38.5 Å². The molecule has 1 aromatic carbocycles. The highest BCUT2D eigenvalue weighted by atomic mass is 31.1. The summed E-state index contributed by atoms with van der Waals surface area (Å²) in [6, 6.07) is 4.48. The summed E-state index contributed by atoms with van der Waals surface area (Å²) in [4.78, 5) is 23.3. The van der Waals surface area contributed by atoms with Gasteiger partial charge in [0.05, 0.1) is 0 Å². The van der Waals surface area contributed by atoms with Gasteiger partial charge in [-0.15, -0.1) is 0 Å². The van der Waals surface area contributed by atoms with Crippen molar-refractivity contribution in [2.45, 2.75) is 38.1 Å². The van der Waals surface area contributed by atoms with Crippen molar-refractivity contribution in [2.75, 3.05) is 14.2 Å². The molecule has 0 heterocycles. The zero-order chi connectivity index (χ0) is 20.0. The largest absolute Gasteiger partial charge is 0.479 e. The molecule has 1 amide bonds. The second-order valence-corrected chi connectivity index (χ2v) is 7.16. The predicted octanol–water partition coefficient (Wildman–Crippen LogP) is 2.38. The standard InChI is InChI=1S/C16H24NO8P/c1-15(2,3)25-14(20)17-12(13(18)19)10-6-8-11(9-7-10)24-16(22-4,23-5)26-21/h6-9,12H,26H2,1-5H3,(H,17,20)(H,18,19). The van der Waals surface area contributed by atoms with Crippen LogP contribution >= 0.6 is 8.46 Å². The number of amides is 1. The molecule has 0 radical (unpaired) electrons. The average molecular weight is 389 g/mol. The normalized spacial score (nSPS) is 13.4. The van der Waals surface area contributed by atoms with Gasteiger partial charge in [0.2, 0.25) is 0 Å². The third-order valence-electron chi connectivity index (χ3n) is 3.09. The molecule has 10 heteroatoms. The van der Waals surface area contributed by atoms with Crippen molar-refractivity contribution < 1.29 is 38.2 Å². The Bertz CT molecular complexity index is 637. The number of nitrogens with one attached hydrogen (secondary N) is 1. The quantitative estimate of drug-likeness (QED) is 0.514. The maximum absolute atomic E-state index is 11.8. The summed E-state index contributed by atoms with van der Waals surface area (Å²) in [6.45, 7) is 5.01. The van der Waals surface area contributed by atoms with E-state index in [-0.39, 0.29) is 5.75 Å². The van der Waals surface area contributed by atoms with Crippen LogP contribution in [0.5, 0.6) is 5.75 Å². The molecule has 0 saturated carbocycles. The number of carbonyl (C=O) groups is 2. The van der Waals surface area contributed by atoms with Crippen molar-refractivity contribution in [3.05, 3.63) is 29.8 Å². The predicted molar refractivity (Wildman–Crippen MR) is 94.0 cm³/mol. The molecule has 0 spiro atoms. The fourth-order valence-electron chi connectivity index (χ4n) is 1.89. The van der Waals surface area contributed by atoms with E-state index in [9.17, 15) is 19.3 Å². The van der Waals surface area contributed by atoms with Gasteiger partial charge in [-0.3, -0.25) is 0 Å². The molecule has 1 rings (SSSR count). The van der Waals surface area contributed by atoms with Crippen LogP contribution in [0.3, 0.4) is 0 Å². The van der Waals surface area contributed by atoms with Gasteiger partial charge in [-0.1, -0.05) is 12.1 Å². The molecular weight excluding hydrogens is 365 g/mol. The van der Waals surface area contributed by atoms with E-state index in [4.69, 9.17) is 18.9 Å². The lowest BCUT2D eigenvalue weighted by Crippen LogP contribution is -2.38. The van der Waals surface area contributed by atoms with Crippen molar-refractivity contribution in [1.29, 1.82) is 0 Å². The number of hydrogen-bond acceptors (Lipinski definition) is 7.